The monoisotopic (exact) mass is 471 g/mol. The van der Waals surface area contributed by atoms with Crippen molar-refractivity contribution < 1.29 is 24.2 Å². The molecule has 32 heavy (non-hydrogen) atoms. The zero-order valence-electron chi connectivity index (χ0n) is 17.9. The smallest absolute Gasteiger partial charge is 0.344 e. The Morgan fingerprint density at radius 3 is 2.59 bits per heavy atom. The van der Waals surface area contributed by atoms with Gasteiger partial charge in [0.1, 0.15) is 4.32 Å². The maximum Gasteiger partial charge on any atom is 0.344 e. The lowest BCUT2D eigenvalue weighted by Gasteiger charge is -2.17. The molecule has 8 heteroatoms. The van der Waals surface area contributed by atoms with Crippen molar-refractivity contribution in [3.63, 3.8) is 0 Å². The van der Waals surface area contributed by atoms with Gasteiger partial charge < -0.3 is 14.6 Å². The predicted molar refractivity (Wildman–Crippen MR) is 130 cm³/mol. The fraction of sp³-hybridized carbons (Fsp3) is 0.292. The Bertz CT molecular complexity index is 1020. The van der Waals surface area contributed by atoms with E-state index in [1.807, 2.05) is 37.3 Å². The number of amides is 1. The van der Waals surface area contributed by atoms with E-state index < -0.39 is 12.1 Å². The van der Waals surface area contributed by atoms with Gasteiger partial charge in [0.2, 0.25) is 0 Å². The topological polar surface area (TPSA) is 76.1 Å². The highest BCUT2D eigenvalue weighted by Crippen LogP contribution is 2.35. The molecule has 1 N–H and O–H groups in total. The maximum absolute atomic E-state index is 12.9. The summed E-state index contributed by atoms with van der Waals surface area (Å²) < 4.78 is 11.8. The van der Waals surface area contributed by atoms with E-state index in [9.17, 15) is 14.7 Å². The molecular weight excluding hydrogens is 446 g/mol. The van der Waals surface area contributed by atoms with Gasteiger partial charge >= 0.3 is 5.97 Å². The van der Waals surface area contributed by atoms with Gasteiger partial charge in [0, 0.05) is 6.54 Å². The van der Waals surface area contributed by atoms with E-state index in [0.29, 0.717) is 40.3 Å². The lowest BCUT2D eigenvalue weighted by molar-refractivity contribution is -0.145. The molecule has 1 heterocycles. The summed E-state index contributed by atoms with van der Waals surface area (Å²) in [6.07, 6.45) is 1.86. The number of carboxylic acids is 1. The molecule has 2 aromatic rings. The third-order valence-electron chi connectivity index (χ3n) is 4.82. The molecule has 1 aliphatic rings. The molecule has 0 radical (unpaired) electrons. The van der Waals surface area contributed by atoms with E-state index in [0.717, 1.165) is 17.5 Å². The Kier molecular flexibility index (Phi) is 8.30. The largest absolute Gasteiger partial charge is 0.490 e. The molecule has 1 saturated heterocycles. The summed E-state index contributed by atoms with van der Waals surface area (Å²) in [5.74, 6) is -0.362. The highest BCUT2D eigenvalue weighted by atomic mass is 32.2. The highest BCUT2D eigenvalue weighted by molar-refractivity contribution is 8.26. The van der Waals surface area contributed by atoms with Crippen molar-refractivity contribution in [2.45, 2.75) is 32.8 Å². The number of aliphatic carboxylic acids is 1. The van der Waals surface area contributed by atoms with Crippen LogP contribution in [0.3, 0.4) is 0 Å². The first kappa shape index (κ1) is 23.8. The van der Waals surface area contributed by atoms with E-state index in [1.165, 1.54) is 11.8 Å². The number of rotatable bonds is 10. The van der Waals surface area contributed by atoms with Crippen molar-refractivity contribution in [2.24, 2.45) is 0 Å². The van der Waals surface area contributed by atoms with Crippen molar-refractivity contribution in [3.8, 4) is 11.5 Å². The molecule has 0 bridgehead atoms. The molecule has 1 unspecified atom stereocenters. The van der Waals surface area contributed by atoms with Crippen LogP contribution >= 0.6 is 24.0 Å². The van der Waals surface area contributed by atoms with Crippen molar-refractivity contribution in [1.29, 1.82) is 0 Å². The molecule has 1 atom stereocenters. The van der Waals surface area contributed by atoms with Gasteiger partial charge in [-0.2, -0.15) is 0 Å². The minimum absolute atomic E-state index is 0.119. The first-order valence-electron chi connectivity index (χ1n) is 10.4. The summed E-state index contributed by atoms with van der Waals surface area (Å²) in [7, 11) is 0. The Morgan fingerprint density at radius 2 is 1.94 bits per heavy atom. The summed E-state index contributed by atoms with van der Waals surface area (Å²) in [6.45, 7) is 4.50. The van der Waals surface area contributed by atoms with Crippen molar-refractivity contribution in [2.75, 3.05) is 13.2 Å². The van der Waals surface area contributed by atoms with E-state index >= 15 is 0 Å². The molecule has 1 fully saturated rings. The van der Waals surface area contributed by atoms with E-state index in [4.69, 9.17) is 21.7 Å². The van der Waals surface area contributed by atoms with Crippen LogP contribution in [0.1, 0.15) is 31.4 Å². The minimum atomic E-state index is -1.03. The van der Waals surface area contributed by atoms with Gasteiger partial charge in [-0.1, -0.05) is 67.3 Å². The van der Waals surface area contributed by atoms with Crippen LogP contribution in [0.2, 0.25) is 0 Å². The molecule has 0 aliphatic carbocycles. The molecule has 0 aromatic heterocycles. The van der Waals surface area contributed by atoms with E-state index in [2.05, 4.69) is 0 Å². The fourth-order valence-electron chi connectivity index (χ4n) is 3.17. The third kappa shape index (κ3) is 5.89. The van der Waals surface area contributed by atoms with Crippen LogP contribution in [-0.2, 0) is 16.0 Å². The third-order valence-corrected chi connectivity index (χ3v) is 6.20. The molecule has 1 aliphatic heterocycles. The summed E-state index contributed by atoms with van der Waals surface area (Å²) in [4.78, 5) is 26.4. The average molecular weight is 472 g/mol. The van der Waals surface area contributed by atoms with Gasteiger partial charge in [0.15, 0.2) is 17.6 Å². The second kappa shape index (κ2) is 11.2. The summed E-state index contributed by atoms with van der Waals surface area (Å²) in [5, 5.41) is 9.26. The Morgan fingerprint density at radius 1 is 1.19 bits per heavy atom. The maximum atomic E-state index is 12.9. The second-order valence-electron chi connectivity index (χ2n) is 7.06. The summed E-state index contributed by atoms with van der Waals surface area (Å²) >= 11 is 6.70. The van der Waals surface area contributed by atoms with Gasteiger partial charge in [-0.15, -0.1) is 0 Å². The molecule has 3 rings (SSSR count). The zero-order valence-corrected chi connectivity index (χ0v) is 19.6. The van der Waals surface area contributed by atoms with Gasteiger partial charge in [-0.3, -0.25) is 9.69 Å². The van der Waals surface area contributed by atoms with Crippen LogP contribution in [0.5, 0.6) is 11.5 Å². The molecule has 0 spiro atoms. The number of hydrogen-bond donors (Lipinski definition) is 1. The number of carbonyl (C=O) groups is 2. The van der Waals surface area contributed by atoms with Crippen molar-refractivity contribution in [1.82, 2.24) is 4.90 Å². The zero-order chi connectivity index (χ0) is 23.1. The van der Waals surface area contributed by atoms with Crippen molar-refractivity contribution in [3.05, 3.63) is 64.6 Å². The first-order valence-corrected chi connectivity index (χ1v) is 11.6. The number of carbonyl (C=O) groups excluding carboxylic acids is 1. The van der Waals surface area contributed by atoms with Gasteiger partial charge in [0.05, 0.1) is 11.5 Å². The van der Waals surface area contributed by atoms with Crippen LogP contribution in [-0.4, -0.2) is 45.5 Å². The van der Waals surface area contributed by atoms with Gasteiger partial charge in [-0.05, 0) is 49.1 Å². The molecular formula is C24H25NO5S2. The van der Waals surface area contributed by atoms with Crippen LogP contribution in [0, 0.1) is 0 Å². The number of hydrogen-bond acceptors (Lipinski definition) is 6. The SMILES string of the molecule is CCOc1cc(/C=C2/SC(=S)N(CCc3ccccc3)C2=O)ccc1OC(CC)C(=O)O. The van der Waals surface area contributed by atoms with Gasteiger partial charge in [-0.25, -0.2) is 4.79 Å². The number of benzene rings is 2. The summed E-state index contributed by atoms with van der Waals surface area (Å²) in [6, 6.07) is 15.1. The number of nitrogens with zero attached hydrogens (tertiary/aromatic N) is 1. The normalized spacial score (nSPS) is 15.8. The van der Waals surface area contributed by atoms with E-state index in [-0.39, 0.29) is 5.91 Å². The predicted octanol–water partition coefficient (Wildman–Crippen LogP) is 4.77. The van der Waals surface area contributed by atoms with Crippen LogP contribution in [0.25, 0.3) is 6.08 Å². The number of thiocarbonyl (C=S) groups is 1. The molecule has 2 aromatic carbocycles. The number of ether oxygens (including phenoxy) is 2. The highest BCUT2D eigenvalue weighted by Gasteiger charge is 2.31. The molecule has 1 amide bonds. The number of thioether (sulfide) groups is 1. The standard InChI is InChI=1S/C24H25NO5S2/c1-3-18(23(27)28)30-19-11-10-17(14-20(19)29-4-2)15-21-22(26)25(24(31)32-21)13-12-16-8-6-5-7-9-16/h5-11,14-15,18H,3-4,12-13H2,1-2H3,(H,27,28)/b21-15+. The Hall–Kier alpha value is -2.84. The molecule has 168 valence electrons. The molecule has 6 nitrogen and oxygen atoms in total. The fourth-order valence-corrected chi connectivity index (χ4v) is 4.48. The van der Waals surface area contributed by atoms with E-state index in [1.54, 1.807) is 36.1 Å². The average Bonchev–Trinajstić information content (AvgIpc) is 3.04. The van der Waals surface area contributed by atoms with Crippen LogP contribution in [0.4, 0.5) is 0 Å². The second-order valence-corrected chi connectivity index (χ2v) is 8.74. The minimum Gasteiger partial charge on any atom is -0.490 e. The van der Waals surface area contributed by atoms with Crippen LogP contribution in [0.15, 0.2) is 53.4 Å². The quantitative estimate of drug-likeness (QED) is 0.395. The Balaban J connectivity index is 1.76. The first-order chi connectivity index (χ1) is 15.4. The summed E-state index contributed by atoms with van der Waals surface area (Å²) in [5.41, 5.74) is 1.89. The Labute approximate surface area is 197 Å². The lowest BCUT2D eigenvalue weighted by Crippen LogP contribution is -2.30. The molecule has 0 saturated carbocycles. The number of carboxylic acid groups (broad SMARTS) is 1. The van der Waals surface area contributed by atoms with Crippen molar-refractivity contribution >= 4 is 46.3 Å². The van der Waals surface area contributed by atoms with Gasteiger partial charge in [0.25, 0.3) is 5.91 Å². The lowest BCUT2D eigenvalue weighted by atomic mass is 10.1. The van der Waals surface area contributed by atoms with Crippen LogP contribution < -0.4 is 9.47 Å².